The first-order valence-corrected chi connectivity index (χ1v) is 9.63. The van der Waals surface area contributed by atoms with E-state index in [1.165, 1.54) is 4.90 Å². The van der Waals surface area contributed by atoms with Crippen molar-refractivity contribution in [3.63, 3.8) is 0 Å². The van der Waals surface area contributed by atoms with Crippen LogP contribution in [-0.4, -0.2) is 37.5 Å². The molecular weight excluding hydrogens is 442 g/mol. The number of hydrogen-bond donors (Lipinski definition) is 2. The Kier molecular flexibility index (Phi) is 6.38. The van der Waals surface area contributed by atoms with Gasteiger partial charge in [0, 0.05) is 4.47 Å². The highest BCUT2D eigenvalue weighted by Gasteiger charge is 2.27. The van der Waals surface area contributed by atoms with Crippen molar-refractivity contribution in [3.8, 4) is 11.5 Å². The van der Waals surface area contributed by atoms with Crippen LogP contribution in [0.1, 0.15) is 11.1 Å². The second-order valence-corrected chi connectivity index (χ2v) is 7.43. The molecule has 0 fully saturated rings. The summed E-state index contributed by atoms with van der Waals surface area (Å²) in [7, 11) is 0. The maximum Gasteiger partial charge on any atom is 0.276 e. The fourth-order valence-electron chi connectivity index (χ4n) is 2.66. The molecule has 29 heavy (non-hydrogen) atoms. The van der Waals surface area contributed by atoms with Crippen LogP contribution in [0.25, 0.3) is 0 Å². The van der Waals surface area contributed by atoms with Crippen LogP contribution in [0.15, 0.2) is 40.9 Å². The lowest BCUT2D eigenvalue weighted by molar-refractivity contribution is -0.130. The Hall–Kier alpha value is -3.07. The van der Waals surface area contributed by atoms with Gasteiger partial charge in [-0.2, -0.15) is 0 Å². The highest BCUT2D eigenvalue weighted by molar-refractivity contribution is 9.10. The minimum Gasteiger partial charge on any atom is -0.484 e. The number of fused-ring (bicyclic) bond motifs is 1. The van der Waals surface area contributed by atoms with E-state index in [2.05, 4.69) is 26.8 Å². The van der Waals surface area contributed by atoms with Crippen LogP contribution in [0.4, 0.5) is 5.69 Å². The molecule has 0 aromatic heterocycles. The predicted octanol–water partition coefficient (Wildman–Crippen LogP) is 2.02. The molecule has 1 aliphatic heterocycles. The molecule has 3 rings (SSSR count). The molecule has 1 heterocycles. The molecule has 2 N–H and O–H groups in total. The summed E-state index contributed by atoms with van der Waals surface area (Å²) in [6.45, 7) is 3.27. The Morgan fingerprint density at radius 2 is 1.86 bits per heavy atom. The van der Waals surface area contributed by atoms with Crippen LogP contribution < -0.4 is 25.2 Å². The number of rotatable bonds is 5. The molecule has 152 valence electrons. The van der Waals surface area contributed by atoms with Crippen molar-refractivity contribution >= 4 is 39.3 Å². The highest BCUT2D eigenvalue weighted by Crippen LogP contribution is 2.34. The van der Waals surface area contributed by atoms with Crippen LogP contribution in [0.3, 0.4) is 0 Å². The van der Waals surface area contributed by atoms with E-state index in [-0.39, 0.29) is 25.7 Å². The third-order valence-corrected chi connectivity index (χ3v) is 4.85. The molecule has 0 saturated carbocycles. The summed E-state index contributed by atoms with van der Waals surface area (Å²) in [5.41, 5.74) is 7.23. The van der Waals surface area contributed by atoms with Crippen LogP contribution in [0, 0.1) is 13.8 Å². The van der Waals surface area contributed by atoms with Crippen molar-refractivity contribution in [1.82, 2.24) is 10.9 Å². The summed E-state index contributed by atoms with van der Waals surface area (Å²) < 4.78 is 11.6. The number of amides is 3. The first kappa shape index (κ1) is 20.7. The number of nitrogens with one attached hydrogen (secondary N) is 2. The van der Waals surface area contributed by atoms with Crippen molar-refractivity contribution in [2.45, 2.75) is 13.8 Å². The summed E-state index contributed by atoms with van der Waals surface area (Å²) >= 11 is 3.33. The number of halogens is 1. The molecule has 0 atom stereocenters. The number of anilines is 1. The fourth-order valence-corrected chi connectivity index (χ4v) is 3.00. The molecule has 9 heteroatoms. The fraction of sp³-hybridized carbons (Fsp3) is 0.250. The molecule has 0 unspecified atom stereocenters. The monoisotopic (exact) mass is 461 g/mol. The zero-order valence-electron chi connectivity index (χ0n) is 16.0. The van der Waals surface area contributed by atoms with Gasteiger partial charge in [-0.25, -0.2) is 0 Å². The van der Waals surface area contributed by atoms with E-state index in [9.17, 15) is 14.4 Å². The maximum atomic E-state index is 12.2. The molecule has 1 aliphatic rings. The van der Waals surface area contributed by atoms with Gasteiger partial charge in [0.1, 0.15) is 18.0 Å². The Morgan fingerprint density at radius 3 is 2.62 bits per heavy atom. The van der Waals surface area contributed by atoms with Gasteiger partial charge in [-0.05, 0) is 55.3 Å². The van der Waals surface area contributed by atoms with Gasteiger partial charge in [-0.1, -0.05) is 22.0 Å². The summed E-state index contributed by atoms with van der Waals surface area (Å²) in [5, 5.41) is 0. The van der Waals surface area contributed by atoms with Gasteiger partial charge >= 0.3 is 0 Å². The van der Waals surface area contributed by atoms with Gasteiger partial charge in [0.25, 0.3) is 17.7 Å². The Balaban J connectivity index is 1.50. The molecule has 0 spiro atoms. The number of carbonyl (C=O) groups excluding carboxylic acids is 3. The summed E-state index contributed by atoms with van der Waals surface area (Å²) in [6.07, 6.45) is 0. The van der Waals surface area contributed by atoms with Crippen LogP contribution in [0.5, 0.6) is 11.5 Å². The van der Waals surface area contributed by atoms with E-state index < -0.39 is 11.8 Å². The average molecular weight is 462 g/mol. The molecule has 0 radical (unpaired) electrons. The second-order valence-electron chi connectivity index (χ2n) is 6.51. The molecule has 0 bridgehead atoms. The Bertz CT molecular complexity index is 963. The standard InChI is InChI=1S/C20H20BrN3O5/c1-12-3-5-15(7-13(12)2)28-10-19(26)23-22-18(25)9-24-16-6-4-14(21)8-17(16)29-11-20(24)27/h3-8H,9-11H2,1-2H3,(H,22,25)(H,23,26). The zero-order valence-corrected chi connectivity index (χ0v) is 17.5. The number of ether oxygens (including phenoxy) is 2. The van der Waals surface area contributed by atoms with Crippen molar-refractivity contribution in [2.75, 3.05) is 24.7 Å². The molecular formula is C20H20BrN3O5. The number of carbonyl (C=O) groups is 3. The lowest BCUT2D eigenvalue weighted by Gasteiger charge is -2.28. The summed E-state index contributed by atoms with van der Waals surface area (Å²) in [6, 6.07) is 10.7. The van der Waals surface area contributed by atoms with Crippen molar-refractivity contribution in [2.24, 2.45) is 0 Å². The zero-order chi connectivity index (χ0) is 21.0. The highest BCUT2D eigenvalue weighted by atomic mass is 79.9. The van der Waals surface area contributed by atoms with Crippen molar-refractivity contribution in [3.05, 3.63) is 52.0 Å². The minimum atomic E-state index is -0.548. The largest absolute Gasteiger partial charge is 0.484 e. The van der Waals surface area contributed by atoms with E-state index in [0.717, 1.165) is 15.6 Å². The number of aryl methyl sites for hydroxylation is 2. The summed E-state index contributed by atoms with van der Waals surface area (Å²) in [4.78, 5) is 37.5. The molecule has 0 aliphatic carbocycles. The molecule has 2 aromatic rings. The topological polar surface area (TPSA) is 97.0 Å². The lowest BCUT2D eigenvalue weighted by atomic mass is 10.1. The van der Waals surface area contributed by atoms with Crippen LogP contribution >= 0.6 is 15.9 Å². The number of benzene rings is 2. The van der Waals surface area contributed by atoms with Crippen LogP contribution in [-0.2, 0) is 14.4 Å². The molecule has 0 saturated heterocycles. The van der Waals surface area contributed by atoms with Gasteiger partial charge in [0.2, 0.25) is 0 Å². The number of nitrogens with zero attached hydrogens (tertiary/aromatic N) is 1. The smallest absolute Gasteiger partial charge is 0.276 e. The average Bonchev–Trinajstić information content (AvgIpc) is 2.69. The normalized spacial score (nSPS) is 12.7. The van der Waals surface area contributed by atoms with Gasteiger partial charge < -0.3 is 9.47 Å². The Morgan fingerprint density at radius 1 is 1.10 bits per heavy atom. The maximum absolute atomic E-state index is 12.2. The van der Waals surface area contributed by atoms with Gasteiger partial charge in [0.05, 0.1) is 5.69 Å². The first-order chi connectivity index (χ1) is 13.8. The Labute approximate surface area is 176 Å². The molecule has 8 nitrogen and oxygen atoms in total. The predicted molar refractivity (Wildman–Crippen MR) is 110 cm³/mol. The van der Waals surface area contributed by atoms with Gasteiger partial charge in [-0.15, -0.1) is 0 Å². The SMILES string of the molecule is Cc1ccc(OCC(=O)NNC(=O)CN2C(=O)COc3cc(Br)ccc32)cc1C. The van der Waals surface area contributed by atoms with Crippen molar-refractivity contribution in [1.29, 1.82) is 0 Å². The third kappa shape index (κ3) is 5.26. The van der Waals surface area contributed by atoms with Gasteiger partial charge in [0.15, 0.2) is 13.2 Å². The van der Waals surface area contributed by atoms with E-state index in [4.69, 9.17) is 9.47 Å². The second kappa shape index (κ2) is 8.95. The molecule has 3 amide bonds. The quantitative estimate of drug-likeness (QED) is 0.663. The van der Waals surface area contributed by atoms with Gasteiger partial charge in [-0.3, -0.25) is 30.1 Å². The summed E-state index contributed by atoms with van der Waals surface area (Å²) in [5.74, 6) is -0.351. The van der Waals surface area contributed by atoms with Crippen LogP contribution in [0.2, 0.25) is 0 Å². The first-order valence-electron chi connectivity index (χ1n) is 8.84. The lowest BCUT2D eigenvalue weighted by Crippen LogP contribution is -2.50. The van der Waals surface area contributed by atoms with E-state index >= 15 is 0 Å². The van der Waals surface area contributed by atoms with E-state index in [0.29, 0.717) is 17.2 Å². The third-order valence-electron chi connectivity index (χ3n) is 4.36. The van der Waals surface area contributed by atoms with E-state index in [1.807, 2.05) is 26.0 Å². The van der Waals surface area contributed by atoms with E-state index in [1.54, 1.807) is 24.3 Å². The minimum absolute atomic E-state index is 0.160. The number of hydrazine groups is 1. The van der Waals surface area contributed by atoms with Crippen molar-refractivity contribution < 1.29 is 23.9 Å². The number of hydrogen-bond acceptors (Lipinski definition) is 5. The molecule has 2 aromatic carbocycles.